The smallest absolute Gasteiger partial charge is 0.139 e. The fraction of sp³-hybridized carbons (Fsp3) is 0.278. The largest absolute Gasteiger partial charge is 0.370 e. The Labute approximate surface area is 129 Å². The van der Waals surface area contributed by atoms with Crippen molar-refractivity contribution in [3.05, 3.63) is 71.5 Å². The molecule has 2 atom stereocenters. The number of rotatable bonds is 4. The van der Waals surface area contributed by atoms with Gasteiger partial charge in [-0.2, -0.15) is 0 Å². The summed E-state index contributed by atoms with van der Waals surface area (Å²) < 4.78 is 18.8. The van der Waals surface area contributed by atoms with E-state index in [-0.39, 0.29) is 18.0 Å². The highest BCUT2D eigenvalue weighted by molar-refractivity contribution is 5.58. The highest BCUT2D eigenvalue weighted by Crippen LogP contribution is 2.25. The maximum absolute atomic E-state index is 13.0. The monoisotopic (exact) mass is 299 g/mol. The summed E-state index contributed by atoms with van der Waals surface area (Å²) in [6.07, 6.45) is 0.796. The van der Waals surface area contributed by atoms with Gasteiger partial charge in [-0.3, -0.25) is 4.90 Å². The average molecular weight is 299 g/mol. The molecule has 1 saturated heterocycles. The maximum atomic E-state index is 13.0. The van der Waals surface area contributed by atoms with Gasteiger partial charge in [0.05, 0.1) is 18.8 Å². The van der Waals surface area contributed by atoms with Crippen LogP contribution in [-0.4, -0.2) is 30.4 Å². The van der Waals surface area contributed by atoms with Gasteiger partial charge in [0.15, 0.2) is 0 Å². The Kier molecular flexibility index (Phi) is 4.61. The molecule has 1 fully saturated rings. The van der Waals surface area contributed by atoms with Crippen LogP contribution in [0.2, 0.25) is 0 Å². The fourth-order valence-electron chi connectivity index (χ4n) is 2.73. The fourth-order valence-corrected chi connectivity index (χ4v) is 2.73. The molecule has 1 aliphatic heterocycles. The number of hydrogen-bond donors (Lipinski definition) is 0. The van der Waals surface area contributed by atoms with Crippen LogP contribution in [0, 0.1) is 5.82 Å². The summed E-state index contributed by atoms with van der Waals surface area (Å²) in [7, 11) is 0. The molecule has 3 rings (SSSR count). The molecule has 0 amide bonds. The molecule has 0 aromatic heterocycles. The van der Waals surface area contributed by atoms with Crippen molar-refractivity contribution in [3.63, 3.8) is 0 Å². The number of aldehydes is 1. The van der Waals surface area contributed by atoms with Crippen LogP contribution >= 0.6 is 0 Å². The van der Waals surface area contributed by atoms with Crippen LogP contribution < -0.4 is 0 Å². The summed E-state index contributed by atoms with van der Waals surface area (Å²) in [6.45, 7) is 1.67. The minimum absolute atomic E-state index is 0.138. The summed E-state index contributed by atoms with van der Waals surface area (Å²) >= 11 is 0. The van der Waals surface area contributed by atoms with Crippen LogP contribution in [-0.2, 0) is 16.1 Å². The first-order chi connectivity index (χ1) is 10.8. The quantitative estimate of drug-likeness (QED) is 0.813. The molecule has 1 unspecified atom stereocenters. The molecule has 0 bridgehead atoms. The van der Waals surface area contributed by atoms with Crippen molar-refractivity contribution in [1.29, 1.82) is 0 Å². The van der Waals surface area contributed by atoms with Crippen LogP contribution in [0.15, 0.2) is 54.6 Å². The molecule has 2 aromatic rings. The Bertz CT molecular complexity index is 615. The van der Waals surface area contributed by atoms with Gasteiger partial charge < -0.3 is 9.53 Å². The Morgan fingerprint density at radius 2 is 1.86 bits per heavy atom. The van der Waals surface area contributed by atoms with E-state index in [0.29, 0.717) is 19.7 Å². The maximum Gasteiger partial charge on any atom is 0.139 e. The van der Waals surface area contributed by atoms with Crippen molar-refractivity contribution in [2.24, 2.45) is 0 Å². The number of ether oxygens (including phenoxy) is 1. The number of carbonyl (C=O) groups is 1. The molecule has 0 N–H and O–H groups in total. The standard InChI is InChI=1S/C18H18FNO2/c19-16-8-6-15(7-9-16)18-11-20(17(12-21)13-22-18)10-14-4-2-1-3-5-14/h1-9,12,17-18H,10-11,13H2/t17?,18-/m1/s1. The van der Waals surface area contributed by atoms with E-state index in [9.17, 15) is 9.18 Å². The van der Waals surface area contributed by atoms with Crippen molar-refractivity contribution in [1.82, 2.24) is 4.90 Å². The van der Waals surface area contributed by atoms with Gasteiger partial charge in [0.1, 0.15) is 12.1 Å². The van der Waals surface area contributed by atoms with E-state index < -0.39 is 0 Å². The van der Waals surface area contributed by atoms with E-state index in [1.165, 1.54) is 12.1 Å². The van der Waals surface area contributed by atoms with E-state index in [1.807, 2.05) is 30.3 Å². The normalized spacial score (nSPS) is 22.4. The van der Waals surface area contributed by atoms with Crippen LogP contribution in [0.4, 0.5) is 4.39 Å². The second-order valence-corrected chi connectivity index (χ2v) is 5.49. The second-order valence-electron chi connectivity index (χ2n) is 5.49. The lowest BCUT2D eigenvalue weighted by atomic mass is 10.0. The molecule has 1 aliphatic rings. The van der Waals surface area contributed by atoms with Crippen molar-refractivity contribution in [3.8, 4) is 0 Å². The highest BCUT2D eigenvalue weighted by Gasteiger charge is 2.29. The minimum atomic E-state index is -0.258. The van der Waals surface area contributed by atoms with Crippen LogP contribution in [0.5, 0.6) is 0 Å². The van der Waals surface area contributed by atoms with Crippen LogP contribution in [0.3, 0.4) is 0 Å². The Morgan fingerprint density at radius 3 is 2.55 bits per heavy atom. The van der Waals surface area contributed by atoms with Gasteiger partial charge in [0, 0.05) is 13.1 Å². The molecule has 0 radical (unpaired) electrons. The zero-order chi connectivity index (χ0) is 15.4. The number of nitrogens with zero attached hydrogens (tertiary/aromatic N) is 1. The third kappa shape index (κ3) is 3.40. The lowest BCUT2D eigenvalue weighted by molar-refractivity contribution is -0.124. The summed E-state index contributed by atoms with van der Waals surface area (Å²) in [5, 5.41) is 0. The van der Waals surface area contributed by atoms with Crippen LogP contribution in [0.25, 0.3) is 0 Å². The first-order valence-corrected chi connectivity index (χ1v) is 7.36. The molecule has 0 saturated carbocycles. The third-order valence-electron chi connectivity index (χ3n) is 3.96. The van der Waals surface area contributed by atoms with Gasteiger partial charge in [-0.25, -0.2) is 4.39 Å². The summed E-state index contributed by atoms with van der Waals surface area (Å²) in [5.74, 6) is -0.258. The predicted molar refractivity (Wildman–Crippen MR) is 81.8 cm³/mol. The summed E-state index contributed by atoms with van der Waals surface area (Å²) in [5.41, 5.74) is 2.10. The summed E-state index contributed by atoms with van der Waals surface area (Å²) in [4.78, 5) is 13.4. The van der Waals surface area contributed by atoms with Crippen molar-refractivity contribution in [2.75, 3.05) is 13.2 Å². The SMILES string of the molecule is O=CC1CO[C@@H](c2ccc(F)cc2)CN1Cc1ccccc1. The Hall–Kier alpha value is -2.04. The minimum Gasteiger partial charge on any atom is -0.370 e. The van der Waals surface area contributed by atoms with E-state index in [4.69, 9.17) is 4.74 Å². The Morgan fingerprint density at radius 1 is 1.14 bits per heavy atom. The van der Waals surface area contributed by atoms with Gasteiger partial charge in [0.2, 0.25) is 0 Å². The molecule has 3 nitrogen and oxygen atoms in total. The number of morpholine rings is 1. The molecular weight excluding hydrogens is 281 g/mol. The van der Waals surface area contributed by atoms with Gasteiger partial charge >= 0.3 is 0 Å². The van der Waals surface area contributed by atoms with Gasteiger partial charge in [-0.1, -0.05) is 42.5 Å². The lowest BCUT2D eigenvalue weighted by Gasteiger charge is -2.37. The molecular formula is C18H18FNO2. The molecule has 0 spiro atoms. The van der Waals surface area contributed by atoms with Gasteiger partial charge in [-0.15, -0.1) is 0 Å². The molecule has 114 valence electrons. The lowest BCUT2D eigenvalue weighted by Crippen LogP contribution is -2.47. The Balaban J connectivity index is 1.74. The number of halogens is 1. The molecule has 2 aromatic carbocycles. The highest BCUT2D eigenvalue weighted by atomic mass is 19.1. The molecule has 22 heavy (non-hydrogen) atoms. The number of benzene rings is 2. The number of carbonyl (C=O) groups excluding carboxylic acids is 1. The van der Waals surface area contributed by atoms with E-state index >= 15 is 0 Å². The van der Waals surface area contributed by atoms with E-state index in [2.05, 4.69) is 4.90 Å². The zero-order valence-corrected chi connectivity index (χ0v) is 12.2. The first-order valence-electron chi connectivity index (χ1n) is 7.36. The number of hydrogen-bond acceptors (Lipinski definition) is 3. The van der Waals surface area contributed by atoms with E-state index in [1.54, 1.807) is 12.1 Å². The van der Waals surface area contributed by atoms with Crippen LogP contribution in [0.1, 0.15) is 17.2 Å². The molecule has 0 aliphatic carbocycles. The van der Waals surface area contributed by atoms with Crippen molar-refractivity contribution in [2.45, 2.75) is 18.7 Å². The van der Waals surface area contributed by atoms with Crippen molar-refractivity contribution < 1.29 is 13.9 Å². The summed E-state index contributed by atoms with van der Waals surface area (Å²) in [6, 6.07) is 16.2. The van der Waals surface area contributed by atoms with Crippen molar-refractivity contribution >= 4 is 6.29 Å². The second kappa shape index (κ2) is 6.81. The first kappa shape index (κ1) is 14.9. The zero-order valence-electron chi connectivity index (χ0n) is 12.2. The average Bonchev–Trinajstić information content (AvgIpc) is 2.56. The van der Waals surface area contributed by atoms with Gasteiger partial charge in [-0.05, 0) is 23.3 Å². The molecule has 4 heteroatoms. The molecule has 1 heterocycles. The predicted octanol–water partition coefficient (Wildman–Crippen LogP) is 2.97. The topological polar surface area (TPSA) is 29.5 Å². The van der Waals surface area contributed by atoms with E-state index in [0.717, 1.165) is 17.4 Å². The third-order valence-corrected chi connectivity index (χ3v) is 3.96. The van der Waals surface area contributed by atoms with Gasteiger partial charge in [0.25, 0.3) is 0 Å².